The zero-order chi connectivity index (χ0) is 28.1. The molecule has 40 heavy (non-hydrogen) atoms. The van der Waals surface area contributed by atoms with Gasteiger partial charge in [0.05, 0.1) is 0 Å². The van der Waals surface area contributed by atoms with Crippen LogP contribution in [0.25, 0.3) is 0 Å². The highest BCUT2D eigenvalue weighted by Gasteiger charge is 2.27. The van der Waals surface area contributed by atoms with Crippen molar-refractivity contribution in [2.75, 3.05) is 52.4 Å². The second-order valence-corrected chi connectivity index (χ2v) is 9.99. The highest BCUT2D eigenvalue weighted by Crippen LogP contribution is 2.14. The maximum absolute atomic E-state index is 12.1. The molecule has 2 aliphatic rings. The Morgan fingerprint density at radius 1 is 0.750 bits per heavy atom. The Kier molecular flexibility index (Phi) is 12.9. The molecule has 1 amide bonds. The first kappa shape index (κ1) is 32.1. The van der Waals surface area contributed by atoms with Crippen molar-refractivity contribution in [1.29, 1.82) is 10.5 Å². The highest BCUT2D eigenvalue weighted by molar-refractivity contribution is 6.00. The zero-order valence-corrected chi connectivity index (χ0v) is 24.1. The fraction of sp³-hybridized carbons (Fsp3) is 0.414. The maximum atomic E-state index is 12.1. The molecule has 0 atom stereocenters. The molecule has 212 valence electrons. The lowest BCUT2D eigenvalue weighted by molar-refractivity contribution is 0.0187. The van der Waals surface area contributed by atoms with Crippen LogP contribution < -0.4 is 5.32 Å². The van der Waals surface area contributed by atoms with Gasteiger partial charge in [-0.2, -0.15) is 20.5 Å². The van der Waals surface area contributed by atoms with E-state index in [2.05, 4.69) is 20.2 Å². The summed E-state index contributed by atoms with van der Waals surface area (Å²) < 4.78 is 5.39. The van der Waals surface area contributed by atoms with E-state index in [4.69, 9.17) is 15.3 Å². The average Bonchev–Trinajstić information content (AvgIpc) is 2.95. The summed E-state index contributed by atoms with van der Waals surface area (Å²) in [5.74, 6) is 1.43. The molecule has 0 aliphatic carbocycles. The predicted octanol–water partition coefficient (Wildman–Crippen LogP) is 3.71. The summed E-state index contributed by atoms with van der Waals surface area (Å²) in [6.45, 7) is 11.6. The van der Waals surface area contributed by atoms with E-state index in [9.17, 15) is 4.79 Å². The normalized spacial score (nSPS) is 16.0. The van der Waals surface area contributed by atoms with Gasteiger partial charge in [0.1, 0.15) is 17.3 Å². The smallest absolute Gasteiger partial charge is 0.410 e. The van der Waals surface area contributed by atoms with Crippen LogP contribution in [0.2, 0.25) is 0 Å². The number of amidine groups is 2. The van der Waals surface area contributed by atoms with Crippen LogP contribution >= 0.6 is 12.4 Å². The number of nitrogens with zero attached hydrogens (tertiary/aromatic N) is 7. The fourth-order valence-corrected chi connectivity index (χ4v) is 4.21. The Balaban J connectivity index is 0.000000290. The summed E-state index contributed by atoms with van der Waals surface area (Å²) in [5.41, 5.74) is 1.41. The van der Waals surface area contributed by atoms with Crippen LogP contribution in [0.4, 0.5) is 4.79 Å². The number of nitrogens with one attached hydrogen (secondary N) is 1. The van der Waals surface area contributed by atoms with Crippen molar-refractivity contribution >= 4 is 30.2 Å². The molecule has 11 heteroatoms. The standard InChI is InChI=1S/C17H22N4O2.C12H14N4.ClH/c1-17(2,3)23-16(22)21-11-9-20(10-12-21)15(19-13-18)14-7-5-4-6-8-14;13-10-15-12(11-4-2-1-3-5-11)16-8-6-14-7-9-16;/h4-8H,9-12H2,1-3H3;1-5,14H,6-9H2;1H. The Hall–Kier alpha value is -4.12. The molecule has 2 heterocycles. The Labute approximate surface area is 243 Å². The van der Waals surface area contributed by atoms with Crippen LogP contribution in [0.5, 0.6) is 0 Å². The van der Waals surface area contributed by atoms with Gasteiger partial charge in [0.15, 0.2) is 0 Å². The van der Waals surface area contributed by atoms with Crippen molar-refractivity contribution in [2.24, 2.45) is 9.98 Å². The SMILES string of the molecule is CC(C)(C)OC(=O)N1CCN(C(=NC#N)c2ccccc2)CC1.Cl.N#CN=C(c1ccccc1)N1CCNCC1. The van der Waals surface area contributed by atoms with E-state index >= 15 is 0 Å². The average molecular weight is 565 g/mol. The number of rotatable bonds is 2. The summed E-state index contributed by atoms with van der Waals surface area (Å²) >= 11 is 0. The van der Waals surface area contributed by atoms with Crippen molar-refractivity contribution < 1.29 is 9.53 Å². The van der Waals surface area contributed by atoms with Gasteiger partial charge in [-0.3, -0.25) is 0 Å². The Bertz CT molecular complexity index is 1200. The van der Waals surface area contributed by atoms with Crippen LogP contribution in [0.15, 0.2) is 70.6 Å². The van der Waals surface area contributed by atoms with Gasteiger partial charge in [-0.05, 0) is 20.8 Å². The van der Waals surface area contributed by atoms with Crippen molar-refractivity contribution in [3.63, 3.8) is 0 Å². The first-order valence-corrected chi connectivity index (χ1v) is 13.1. The summed E-state index contributed by atoms with van der Waals surface area (Å²) in [5, 5.41) is 21.0. The molecule has 1 N–H and O–H groups in total. The number of hydrogen-bond donors (Lipinski definition) is 1. The minimum Gasteiger partial charge on any atom is -0.444 e. The van der Waals surface area contributed by atoms with E-state index in [1.54, 1.807) is 4.90 Å². The summed E-state index contributed by atoms with van der Waals surface area (Å²) in [6.07, 6.45) is 3.46. The van der Waals surface area contributed by atoms with Crippen LogP contribution in [0.1, 0.15) is 31.9 Å². The van der Waals surface area contributed by atoms with Gasteiger partial charge < -0.3 is 24.8 Å². The second-order valence-electron chi connectivity index (χ2n) is 9.99. The van der Waals surface area contributed by atoms with Gasteiger partial charge in [-0.25, -0.2) is 4.79 Å². The number of ether oxygens (including phenoxy) is 1. The van der Waals surface area contributed by atoms with Gasteiger partial charge in [0, 0.05) is 63.5 Å². The quantitative estimate of drug-likeness (QED) is 0.335. The number of carbonyl (C=O) groups is 1. The first-order valence-electron chi connectivity index (χ1n) is 13.1. The van der Waals surface area contributed by atoms with Crippen LogP contribution in [-0.2, 0) is 4.74 Å². The van der Waals surface area contributed by atoms with Crippen molar-refractivity contribution in [1.82, 2.24) is 20.0 Å². The third-order valence-corrected chi connectivity index (χ3v) is 6.02. The molecule has 0 unspecified atom stereocenters. The summed E-state index contributed by atoms with van der Waals surface area (Å²) in [6, 6.07) is 19.5. The van der Waals surface area contributed by atoms with E-state index < -0.39 is 5.60 Å². The number of piperazine rings is 2. The topological polar surface area (TPSA) is 120 Å². The van der Waals surface area contributed by atoms with Crippen molar-refractivity contribution in [3.8, 4) is 12.4 Å². The third-order valence-electron chi connectivity index (χ3n) is 6.02. The molecule has 0 radical (unpaired) electrons. The van der Waals surface area contributed by atoms with Gasteiger partial charge in [-0.1, -0.05) is 60.7 Å². The first-order chi connectivity index (χ1) is 18.8. The molecular formula is C29H37ClN8O2. The molecular weight excluding hydrogens is 528 g/mol. The zero-order valence-electron chi connectivity index (χ0n) is 23.3. The van der Waals surface area contributed by atoms with Crippen LogP contribution in [0.3, 0.4) is 0 Å². The highest BCUT2D eigenvalue weighted by atomic mass is 35.5. The lowest BCUT2D eigenvalue weighted by Gasteiger charge is -2.36. The molecule has 10 nitrogen and oxygen atoms in total. The van der Waals surface area contributed by atoms with Gasteiger partial charge in [0.25, 0.3) is 0 Å². The molecule has 2 fully saturated rings. The van der Waals surface area contributed by atoms with E-state index in [0.717, 1.165) is 43.1 Å². The second kappa shape index (κ2) is 16.1. The van der Waals surface area contributed by atoms with E-state index in [1.165, 1.54) is 0 Å². The predicted molar refractivity (Wildman–Crippen MR) is 158 cm³/mol. The fourth-order valence-electron chi connectivity index (χ4n) is 4.21. The lowest BCUT2D eigenvalue weighted by atomic mass is 10.1. The van der Waals surface area contributed by atoms with Crippen molar-refractivity contribution in [2.45, 2.75) is 26.4 Å². The monoisotopic (exact) mass is 564 g/mol. The minimum atomic E-state index is -0.494. The number of amides is 1. The number of carbonyl (C=O) groups excluding carboxylic acids is 1. The third kappa shape index (κ3) is 9.88. The molecule has 2 aliphatic heterocycles. The lowest BCUT2D eigenvalue weighted by Crippen LogP contribution is -2.51. The molecule has 2 saturated heterocycles. The van der Waals surface area contributed by atoms with E-state index in [-0.39, 0.29) is 18.5 Å². The van der Waals surface area contributed by atoms with E-state index in [0.29, 0.717) is 32.0 Å². The summed E-state index contributed by atoms with van der Waals surface area (Å²) in [4.78, 5) is 25.9. The number of nitriles is 2. The van der Waals surface area contributed by atoms with Gasteiger partial charge >= 0.3 is 6.09 Å². The molecule has 2 aromatic rings. The molecule has 4 rings (SSSR count). The molecule has 0 spiro atoms. The Morgan fingerprint density at radius 2 is 1.15 bits per heavy atom. The Morgan fingerprint density at radius 3 is 1.55 bits per heavy atom. The largest absolute Gasteiger partial charge is 0.444 e. The number of benzene rings is 2. The molecule has 0 bridgehead atoms. The van der Waals surface area contributed by atoms with Crippen LogP contribution in [0, 0.1) is 22.9 Å². The van der Waals surface area contributed by atoms with Gasteiger partial charge in [-0.15, -0.1) is 12.4 Å². The molecule has 0 saturated carbocycles. The van der Waals surface area contributed by atoms with E-state index in [1.807, 2.05) is 98.7 Å². The number of aliphatic imine (C=N–C) groups is 2. The summed E-state index contributed by atoms with van der Waals surface area (Å²) in [7, 11) is 0. The molecule has 2 aromatic carbocycles. The van der Waals surface area contributed by atoms with Crippen LogP contribution in [-0.4, -0.2) is 90.4 Å². The van der Waals surface area contributed by atoms with Gasteiger partial charge in [0.2, 0.25) is 12.4 Å². The number of halogens is 1. The minimum absolute atomic E-state index is 0. The van der Waals surface area contributed by atoms with Crippen molar-refractivity contribution in [3.05, 3.63) is 71.8 Å². The number of hydrogen-bond acceptors (Lipinski definition) is 7. The maximum Gasteiger partial charge on any atom is 0.410 e. The molecule has 0 aromatic heterocycles.